The van der Waals surface area contributed by atoms with Crippen LogP contribution in [0.4, 0.5) is 5.69 Å². The van der Waals surface area contributed by atoms with Crippen LogP contribution in [0.5, 0.6) is 0 Å². The number of hydrogen-bond acceptors (Lipinski definition) is 5. The van der Waals surface area contributed by atoms with Crippen molar-refractivity contribution in [1.82, 2.24) is 4.83 Å². The van der Waals surface area contributed by atoms with E-state index in [1.165, 1.54) is 12.1 Å². The molecule has 0 atom stereocenters. The summed E-state index contributed by atoms with van der Waals surface area (Å²) in [7, 11) is -3.93. The predicted molar refractivity (Wildman–Crippen MR) is 118 cm³/mol. The number of aryl methyl sites for hydroxylation is 1. The SMILES string of the molecule is Cc1cccc(NC(=O)c2cc3ccccc3oc2=NNS(=O)(=O)c2ccccc2)c1. The number of nitrogens with one attached hydrogen (secondary N) is 2. The Kier molecular flexibility index (Phi) is 5.55. The minimum Gasteiger partial charge on any atom is -0.436 e. The first-order valence-corrected chi connectivity index (χ1v) is 10.9. The normalized spacial score (nSPS) is 12.0. The highest BCUT2D eigenvalue weighted by molar-refractivity contribution is 7.89. The van der Waals surface area contributed by atoms with Gasteiger partial charge in [0, 0.05) is 11.1 Å². The molecule has 1 aromatic heterocycles. The maximum atomic E-state index is 13.0. The van der Waals surface area contributed by atoms with Crippen LogP contribution in [0.25, 0.3) is 11.0 Å². The van der Waals surface area contributed by atoms with Crippen molar-refractivity contribution >= 4 is 32.6 Å². The van der Waals surface area contributed by atoms with Gasteiger partial charge in [0.2, 0.25) is 5.55 Å². The molecule has 0 unspecified atom stereocenters. The molecule has 1 amide bonds. The van der Waals surface area contributed by atoms with Gasteiger partial charge in [-0.3, -0.25) is 4.79 Å². The van der Waals surface area contributed by atoms with Crippen LogP contribution < -0.4 is 15.7 Å². The molecule has 31 heavy (non-hydrogen) atoms. The highest BCUT2D eigenvalue weighted by Gasteiger charge is 2.16. The van der Waals surface area contributed by atoms with Crippen LogP contribution in [0.1, 0.15) is 15.9 Å². The maximum Gasteiger partial charge on any atom is 0.276 e. The predicted octanol–water partition coefficient (Wildman–Crippen LogP) is 3.79. The summed E-state index contributed by atoms with van der Waals surface area (Å²) in [5.74, 6) is -0.474. The van der Waals surface area contributed by atoms with Crippen molar-refractivity contribution in [3.8, 4) is 0 Å². The molecule has 0 fully saturated rings. The molecule has 4 rings (SSSR count). The quantitative estimate of drug-likeness (QED) is 0.468. The Labute approximate surface area is 179 Å². The number of fused-ring (bicyclic) bond motifs is 1. The van der Waals surface area contributed by atoms with Crippen molar-refractivity contribution in [1.29, 1.82) is 0 Å². The number of hydrogen-bond donors (Lipinski definition) is 2. The molecule has 0 aliphatic heterocycles. The molecular formula is C23H19N3O4S. The largest absolute Gasteiger partial charge is 0.436 e. The van der Waals surface area contributed by atoms with E-state index in [0.717, 1.165) is 5.56 Å². The van der Waals surface area contributed by atoms with Crippen LogP contribution in [-0.2, 0) is 10.0 Å². The number of carbonyl (C=O) groups excluding carboxylic acids is 1. The third kappa shape index (κ3) is 4.65. The van der Waals surface area contributed by atoms with E-state index < -0.39 is 15.9 Å². The number of nitrogens with zero attached hydrogens (tertiary/aromatic N) is 1. The van der Waals surface area contributed by atoms with Crippen LogP contribution in [0.2, 0.25) is 0 Å². The van der Waals surface area contributed by atoms with Crippen LogP contribution in [-0.4, -0.2) is 14.3 Å². The fraction of sp³-hybridized carbons (Fsp3) is 0.0435. The van der Waals surface area contributed by atoms with Gasteiger partial charge in [0.25, 0.3) is 15.9 Å². The van der Waals surface area contributed by atoms with E-state index in [0.29, 0.717) is 16.7 Å². The number of benzene rings is 3. The number of rotatable bonds is 5. The van der Waals surface area contributed by atoms with Crippen LogP contribution in [0, 0.1) is 6.92 Å². The third-order valence-electron chi connectivity index (χ3n) is 4.50. The molecule has 0 bridgehead atoms. The minimum atomic E-state index is -3.93. The molecule has 156 valence electrons. The van der Waals surface area contributed by atoms with Crippen molar-refractivity contribution < 1.29 is 17.6 Å². The van der Waals surface area contributed by atoms with Crippen molar-refractivity contribution in [2.24, 2.45) is 5.10 Å². The molecule has 0 spiro atoms. The molecule has 7 nitrogen and oxygen atoms in total. The monoisotopic (exact) mass is 433 g/mol. The lowest BCUT2D eigenvalue weighted by atomic mass is 10.1. The van der Waals surface area contributed by atoms with Gasteiger partial charge in [-0.25, -0.2) is 0 Å². The zero-order valence-corrected chi connectivity index (χ0v) is 17.4. The second-order valence-corrected chi connectivity index (χ2v) is 8.51. The maximum absolute atomic E-state index is 13.0. The first kappa shape index (κ1) is 20.4. The second-order valence-electron chi connectivity index (χ2n) is 6.85. The highest BCUT2D eigenvalue weighted by Crippen LogP contribution is 2.15. The average Bonchev–Trinajstić information content (AvgIpc) is 2.77. The number of carbonyl (C=O) groups is 1. The van der Waals surface area contributed by atoms with Crippen LogP contribution in [0.3, 0.4) is 0 Å². The number of amides is 1. The summed E-state index contributed by atoms with van der Waals surface area (Å²) in [5.41, 5.74) is 2.00. The smallest absolute Gasteiger partial charge is 0.276 e. The summed E-state index contributed by atoms with van der Waals surface area (Å²) in [6.45, 7) is 1.92. The number of anilines is 1. The fourth-order valence-corrected chi connectivity index (χ4v) is 3.81. The molecule has 0 aliphatic rings. The topological polar surface area (TPSA) is 101 Å². The Balaban J connectivity index is 1.76. The first-order valence-electron chi connectivity index (χ1n) is 9.44. The van der Waals surface area contributed by atoms with E-state index in [2.05, 4.69) is 15.2 Å². The van der Waals surface area contributed by atoms with Gasteiger partial charge in [0.1, 0.15) is 11.1 Å². The van der Waals surface area contributed by atoms with Gasteiger partial charge in [0.15, 0.2) is 0 Å². The molecule has 0 aliphatic carbocycles. The van der Waals surface area contributed by atoms with E-state index >= 15 is 0 Å². The lowest BCUT2D eigenvalue weighted by Gasteiger charge is -2.08. The lowest BCUT2D eigenvalue weighted by Crippen LogP contribution is -2.27. The van der Waals surface area contributed by atoms with E-state index in [-0.39, 0.29) is 16.0 Å². The van der Waals surface area contributed by atoms with Gasteiger partial charge in [-0.15, -0.1) is 5.10 Å². The van der Waals surface area contributed by atoms with E-state index in [1.807, 2.05) is 31.2 Å². The van der Waals surface area contributed by atoms with Gasteiger partial charge >= 0.3 is 0 Å². The summed E-state index contributed by atoms with van der Waals surface area (Å²) in [6, 6.07) is 23.8. The highest BCUT2D eigenvalue weighted by atomic mass is 32.2. The van der Waals surface area contributed by atoms with Crippen LogP contribution >= 0.6 is 0 Å². The number of sulfonamides is 1. The third-order valence-corrected chi connectivity index (χ3v) is 5.72. The molecule has 4 aromatic rings. The van der Waals surface area contributed by atoms with E-state index in [4.69, 9.17) is 4.42 Å². The van der Waals surface area contributed by atoms with Crippen molar-refractivity contribution in [2.75, 3.05) is 5.32 Å². The molecule has 3 aromatic carbocycles. The first-order chi connectivity index (χ1) is 14.9. The minimum absolute atomic E-state index is 0.0466. The van der Waals surface area contributed by atoms with E-state index in [1.54, 1.807) is 48.5 Å². The summed E-state index contributed by atoms with van der Waals surface area (Å²) in [6.07, 6.45) is 0. The van der Waals surface area contributed by atoms with E-state index in [9.17, 15) is 13.2 Å². The zero-order chi connectivity index (χ0) is 21.8. The summed E-state index contributed by atoms with van der Waals surface area (Å²) in [4.78, 5) is 15.2. The van der Waals surface area contributed by atoms with Gasteiger partial charge in [-0.1, -0.05) is 48.5 Å². The Bertz CT molecular complexity index is 1430. The molecule has 1 heterocycles. The van der Waals surface area contributed by atoms with Gasteiger partial charge in [0.05, 0.1) is 4.90 Å². The molecule has 0 saturated heterocycles. The second kappa shape index (κ2) is 8.45. The summed E-state index contributed by atoms with van der Waals surface area (Å²) >= 11 is 0. The fourth-order valence-electron chi connectivity index (χ4n) is 2.99. The van der Waals surface area contributed by atoms with Crippen molar-refractivity contribution in [2.45, 2.75) is 11.8 Å². The average molecular weight is 433 g/mol. The summed E-state index contributed by atoms with van der Waals surface area (Å²) < 4.78 is 30.8. The molecule has 2 N–H and O–H groups in total. The summed E-state index contributed by atoms with van der Waals surface area (Å²) in [5, 5.41) is 7.40. The number of para-hydroxylation sites is 1. The van der Waals surface area contributed by atoms with Crippen molar-refractivity contribution in [3.05, 3.63) is 102 Å². The lowest BCUT2D eigenvalue weighted by molar-refractivity contribution is 0.102. The molecule has 8 heteroatoms. The Morgan fingerprint density at radius 1 is 0.903 bits per heavy atom. The Morgan fingerprint density at radius 2 is 1.65 bits per heavy atom. The van der Waals surface area contributed by atoms with Gasteiger partial charge < -0.3 is 9.73 Å². The van der Waals surface area contributed by atoms with Gasteiger partial charge in [-0.2, -0.15) is 13.2 Å². The molecule has 0 saturated carbocycles. The molecular weight excluding hydrogens is 414 g/mol. The zero-order valence-electron chi connectivity index (χ0n) is 16.6. The standard InChI is InChI=1S/C23H19N3O4S/c1-16-8-7-10-18(14-16)24-22(27)20-15-17-9-5-6-13-21(17)30-23(20)25-26-31(28,29)19-11-3-2-4-12-19/h2-15,26H,1H3,(H,24,27). The van der Waals surface area contributed by atoms with Gasteiger partial charge in [-0.05, 0) is 48.9 Å². The van der Waals surface area contributed by atoms with Crippen molar-refractivity contribution in [3.63, 3.8) is 0 Å². The molecule has 0 radical (unpaired) electrons. The Morgan fingerprint density at radius 3 is 2.42 bits per heavy atom. The van der Waals surface area contributed by atoms with Crippen LogP contribution in [0.15, 0.2) is 99.3 Å². The Hall–Kier alpha value is -3.91.